The molecule has 2 N–H and O–H groups in total. The Morgan fingerprint density at radius 1 is 1.28 bits per heavy atom. The largest absolute Gasteiger partial charge is 0.389 e. The van der Waals surface area contributed by atoms with Crippen LogP contribution >= 0.6 is 12.2 Å². The highest BCUT2D eigenvalue weighted by Crippen LogP contribution is 2.26. The Morgan fingerprint density at radius 3 is 2.44 bits per heavy atom. The first-order chi connectivity index (χ1) is 8.50. The van der Waals surface area contributed by atoms with Crippen LogP contribution in [0.4, 0.5) is 5.69 Å². The number of hydrogen-bond donors (Lipinski definition) is 1. The van der Waals surface area contributed by atoms with Gasteiger partial charge in [0.2, 0.25) is 11.8 Å². The van der Waals surface area contributed by atoms with E-state index in [0.29, 0.717) is 30.5 Å². The number of anilines is 1. The van der Waals surface area contributed by atoms with E-state index < -0.39 is 0 Å². The van der Waals surface area contributed by atoms with E-state index in [-0.39, 0.29) is 16.8 Å². The fourth-order valence-corrected chi connectivity index (χ4v) is 2.15. The minimum Gasteiger partial charge on any atom is -0.389 e. The lowest BCUT2D eigenvalue weighted by molar-refractivity contribution is -0.129. The molecular formula is C13H14N2O2S. The first-order valence-electron chi connectivity index (χ1n) is 5.77. The third-order valence-corrected chi connectivity index (χ3v) is 3.25. The number of thiocarbonyl (C=S) groups is 1. The molecule has 1 saturated heterocycles. The summed E-state index contributed by atoms with van der Waals surface area (Å²) in [6, 6.07) is 5.32. The smallest absolute Gasteiger partial charge is 0.233 e. The van der Waals surface area contributed by atoms with Crippen LogP contribution in [-0.2, 0) is 9.59 Å². The van der Waals surface area contributed by atoms with Crippen LogP contribution in [0.1, 0.15) is 30.4 Å². The first-order valence-corrected chi connectivity index (χ1v) is 6.18. The van der Waals surface area contributed by atoms with Crippen molar-refractivity contribution in [1.82, 2.24) is 0 Å². The number of nitrogens with zero attached hydrogens (tertiary/aromatic N) is 1. The summed E-state index contributed by atoms with van der Waals surface area (Å²) in [6.07, 6.45) is 1.44. The molecular weight excluding hydrogens is 248 g/mol. The fourth-order valence-electron chi connectivity index (χ4n) is 2.03. The third-order valence-electron chi connectivity index (χ3n) is 3.01. The van der Waals surface area contributed by atoms with Crippen molar-refractivity contribution in [1.29, 1.82) is 0 Å². The van der Waals surface area contributed by atoms with Gasteiger partial charge in [0, 0.05) is 18.4 Å². The molecule has 1 heterocycles. The maximum absolute atomic E-state index is 11.9. The first kappa shape index (κ1) is 12.7. The van der Waals surface area contributed by atoms with Crippen LogP contribution in [0.25, 0.3) is 0 Å². The minimum atomic E-state index is -0.158. The molecule has 0 saturated carbocycles. The molecule has 1 aromatic rings. The number of imide groups is 1. The molecule has 1 aliphatic heterocycles. The topological polar surface area (TPSA) is 63.4 Å². The summed E-state index contributed by atoms with van der Waals surface area (Å²) in [6.45, 7) is 1.86. The van der Waals surface area contributed by atoms with Crippen LogP contribution in [0.5, 0.6) is 0 Å². The van der Waals surface area contributed by atoms with Gasteiger partial charge >= 0.3 is 0 Å². The lowest BCUT2D eigenvalue weighted by atomic mass is 10.0. The SMILES string of the molecule is Cc1ccc(C(N)=S)cc1N1C(=O)CCCC1=O. The quantitative estimate of drug-likeness (QED) is 0.650. The van der Waals surface area contributed by atoms with Crippen LogP contribution in [-0.4, -0.2) is 16.8 Å². The van der Waals surface area contributed by atoms with E-state index in [9.17, 15) is 9.59 Å². The lowest BCUT2D eigenvalue weighted by Gasteiger charge is -2.26. The predicted molar refractivity (Wildman–Crippen MR) is 73.4 cm³/mol. The number of aryl methyl sites for hydroxylation is 1. The van der Waals surface area contributed by atoms with Gasteiger partial charge in [-0.3, -0.25) is 14.5 Å². The van der Waals surface area contributed by atoms with E-state index >= 15 is 0 Å². The zero-order valence-corrected chi connectivity index (χ0v) is 10.9. The molecule has 0 aromatic heterocycles. The van der Waals surface area contributed by atoms with Crippen molar-refractivity contribution in [2.75, 3.05) is 4.90 Å². The Labute approximate surface area is 111 Å². The van der Waals surface area contributed by atoms with Gasteiger partial charge in [-0.2, -0.15) is 0 Å². The number of carbonyl (C=O) groups is 2. The maximum Gasteiger partial charge on any atom is 0.233 e. The van der Waals surface area contributed by atoms with Gasteiger partial charge in [0.05, 0.1) is 5.69 Å². The van der Waals surface area contributed by atoms with Crippen molar-refractivity contribution in [3.63, 3.8) is 0 Å². The van der Waals surface area contributed by atoms with Gasteiger partial charge in [0.15, 0.2) is 0 Å². The molecule has 5 heteroatoms. The Hall–Kier alpha value is -1.75. The second-order valence-corrected chi connectivity index (χ2v) is 4.78. The Balaban J connectivity index is 2.48. The Kier molecular flexibility index (Phi) is 3.43. The molecule has 0 radical (unpaired) electrons. The molecule has 0 unspecified atom stereocenters. The van der Waals surface area contributed by atoms with Gasteiger partial charge in [-0.25, -0.2) is 0 Å². The summed E-state index contributed by atoms with van der Waals surface area (Å²) in [5, 5.41) is 0. The standard InChI is InChI=1S/C13H14N2O2S/c1-8-5-6-9(13(14)18)7-10(8)15-11(16)3-2-4-12(15)17/h5-7H,2-4H2,1H3,(H2,14,18). The highest BCUT2D eigenvalue weighted by Gasteiger charge is 2.28. The molecule has 18 heavy (non-hydrogen) atoms. The molecule has 0 bridgehead atoms. The molecule has 1 fully saturated rings. The lowest BCUT2D eigenvalue weighted by Crippen LogP contribution is -2.40. The molecule has 4 nitrogen and oxygen atoms in total. The fraction of sp³-hybridized carbons (Fsp3) is 0.308. The number of amides is 2. The monoisotopic (exact) mass is 262 g/mol. The Bertz CT molecular complexity index is 524. The average molecular weight is 262 g/mol. The zero-order chi connectivity index (χ0) is 13.3. The molecule has 1 aromatic carbocycles. The normalized spacial score (nSPS) is 15.9. The maximum atomic E-state index is 11.9. The molecule has 2 rings (SSSR count). The summed E-state index contributed by atoms with van der Waals surface area (Å²) in [7, 11) is 0. The van der Waals surface area contributed by atoms with Gasteiger partial charge in [-0.05, 0) is 25.0 Å². The highest BCUT2D eigenvalue weighted by atomic mass is 32.1. The molecule has 0 aliphatic carbocycles. The van der Waals surface area contributed by atoms with Crippen LogP contribution in [0.3, 0.4) is 0 Å². The second kappa shape index (κ2) is 4.86. The number of piperidine rings is 1. The van der Waals surface area contributed by atoms with Gasteiger partial charge in [0.1, 0.15) is 4.99 Å². The summed E-state index contributed by atoms with van der Waals surface area (Å²) in [4.78, 5) is 25.3. The number of benzene rings is 1. The van der Waals surface area contributed by atoms with E-state index in [2.05, 4.69) is 0 Å². The van der Waals surface area contributed by atoms with Crippen molar-refractivity contribution in [3.05, 3.63) is 29.3 Å². The van der Waals surface area contributed by atoms with Crippen LogP contribution in [0.15, 0.2) is 18.2 Å². The molecule has 1 aliphatic rings. The minimum absolute atomic E-state index is 0.158. The van der Waals surface area contributed by atoms with Crippen molar-refractivity contribution in [2.24, 2.45) is 5.73 Å². The second-order valence-electron chi connectivity index (χ2n) is 4.34. The molecule has 2 amide bonds. The average Bonchev–Trinajstić information content (AvgIpc) is 2.30. The van der Waals surface area contributed by atoms with Crippen molar-refractivity contribution in [3.8, 4) is 0 Å². The number of nitrogens with two attached hydrogens (primary N) is 1. The summed E-state index contributed by atoms with van der Waals surface area (Å²) >= 11 is 4.91. The molecule has 0 spiro atoms. The van der Waals surface area contributed by atoms with Gasteiger partial charge < -0.3 is 5.73 Å². The van der Waals surface area contributed by atoms with Gasteiger partial charge in [0.25, 0.3) is 0 Å². The highest BCUT2D eigenvalue weighted by molar-refractivity contribution is 7.80. The van der Waals surface area contributed by atoms with E-state index in [1.807, 2.05) is 13.0 Å². The van der Waals surface area contributed by atoms with Crippen molar-refractivity contribution < 1.29 is 9.59 Å². The number of rotatable bonds is 2. The third kappa shape index (κ3) is 2.26. The van der Waals surface area contributed by atoms with E-state index in [0.717, 1.165) is 5.56 Å². The number of hydrogen-bond acceptors (Lipinski definition) is 3. The van der Waals surface area contributed by atoms with Crippen molar-refractivity contribution >= 4 is 34.7 Å². The predicted octanol–water partition coefficient (Wildman–Crippen LogP) is 1.67. The van der Waals surface area contributed by atoms with Crippen molar-refractivity contribution in [2.45, 2.75) is 26.2 Å². The van der Waals surface area contributed by atoms with E-state index in [1.54, 1.807) is 12.1 Å². The number of carbonyl (C=O) groups excluding carboxylic acids is 2. The van der Waals surface area contributed by atoms with Gasteiger partial charge in [-0.1, -0.05) is 24.4 Å². The molecule has 94 valence electrons. The summed E-state index contributed by atoms with van der Waals surface area (Å²) in [5.74, 6) is -0.316. The van der Waals surface area contributed by atoms with Crippen LogP contribution in [0.2, 0.25) is 0 Å². The van der Waals surface area contributed by atoms with Crippen LogP contribution < -0.4 is 10.6 Å². The summed E-state index contributed by atoms with van der Waals surface area (Å²) in [5.41, 5.74) is 7.69. The Morgan fingerprint density at radius 2 is 1.89 bits per heavy atom. The van der Waals surface area contributed by atoms with E-state index in [4.69, 9.17) is 18.0 Å². The summed E-state index contributed by atoms with van der Waals surface area (Å²) < 4.78 is 0. The molecule has 0 atom stereocenters. The van der Waals surface area contributed by atoms with Gasteiger partial charge in [-0.15, -0.1) is 0 Å². The zero-order valence-electron chi connectivity index (χ0n) is 10.1. The van der Waals surface area contributed by atoms with Crippen LogP contribution in [0, 0.1) is 6.92 Å². The van der Waals surface area contributed by atoms with E-state index in [1.165, 1.54) is 4.90 Å².